The Morgan fingerprint density at radius 1 is 0.465 bits per heavy atom. The van der Waals surface area contributed by atoms with Crippen LogP contribution in [-0.2, 0) is 0 Å². The van der Waals surface area contributed by atoms with Crippen LogP contribution in [0.3, 0.4) is 0 Å². The Morgan fingerprint density at radius 2 is 0.698 bits per heavy atom. The summed E-state index contributed by atoms with van der Waals surface area (Å²) < 4.78 is 0. The van der Waals surface area contributed by atoms with Crippen LogP contribution in [0, 0.1) is 0 Å². The Kier molecular flexibility index (Phi) is 10.1. The second-order valence-electron chi connectivity index (χ2n) is 8.49. The summed E-state index contributed by atoms with van der Waals surface area (Å²) >= 11 is 0. The van der Waals surface area contributed by atoms with Crippen LogP contribution < -0.4 is 15.3 Å². The second-order valence-corrected chi connectivity index (χ2v) is 8.49. The molecule has 0 saturated heterocycles. The largest absolute Gasteiger partial charge is 3.00 e. The molecule has 0 saturated carbocycles. The van der Waals surface area contributed by atoms with Gasteiger partial charge in [0.1, 0.15) is 17.2 Å². The van der Waals surface area contributed by atoms with Crippen molar-refractivity contribution in [3.63, 3.8) is 0 Å². The van der Waals surface area contributed by atoms with E-state index in [1.54, 1.807) is 72.8 Å². The molecule has 0 unspecified atom stereocenters. The fourth-order valence-corrected chi connectivity index (χ4v) is 3.78. The molecule has 0 spiro atoms. The third-order valence-electron chi connectivity index (χ3n) is 5.71. The Hall–Kier alpha value is -5.77. The molecular weight excluding hydrogens is 573 g/mol. The summed E-state index contributed by atoms with van der Waals surface area (Å²) in [6, 6.07) is 23.5. The van der Waals surface area contributed by atoms with Gasteiger partial charge in [-0.1, -0.05) is 36.4 Å². The molecule has 0 aliphatic heterocycles. The molecule has 0 aliphatic carbocycles. The molecule has 6 rings (SSSR count). The zero-order chi connectivity index (χ0) is 30.4. The van der Waals surface area contributed by atoms with Crippen molar-refractivity contribution >= 4 is 68.0 Å². The molecule has 0 atom stereocenters. The fourth-order valence-electron chi connectivity index (χ4n) is 3.78. The molecule has 3 aromatic carbocycles. The quantitative estimate of drug-likeness (QED) is 0.240. The van der Waals surface area contributed by atoms with Crippen molar-refractivity contribution in [2.45, 2.75) is 0 Å². The number of fused-ring (bicyclic) bond motifs is 3. The first-order chi connectivity index (χ1) is 20.0. The Labute approximate surface area is 252 Å². The van der Waals surface area contributed by atoms with Crippen molar-refractivity contribution in [2.24, 2.45) is 0 Å². The van der Waals surface area contributed by atoms with E-state index >= 15 is 0 Å². The molecule has 210 valence electrons. The van der Waals surface area contributed by atoms with Gasteiger partial charge in [0.2, 0.25) is 0 Å². The van der Waals surface area contributed by atoms with Crippen molar-refractivity contribution in [3.05, 3.63) is 108 Å². The van der Waals surface area contributed by atoms with E-state index in [1.165, 1.54) is 0 Å². The van der Waals surface area contributed by atoms with E-state index in [4.69, 9.17) is 0 Å². The summed E-state index contributed by atoms with van der Waals surface area (Å²) in [4.78, 5) is 43.0. The maximum Gasteiger partial charge on any atom is 3.00 e. The number of benzene rings is 3. The van der Waals surface area contributed by atoms with Crippen molar-refractivity contribution < 1.29 is 45.0 Å². The number of aromatic nitrogens is 3. The van der Waals surface area contributed by atoms with Crippen LogP contribution in [0.15, 0.2) is 91.0 Å². The van der Waals surface area contributed by atoms with Gasteiger partial charge in [-0.15, -0.1) is 0 Å². The van der Waals surface area contributed by atoms with Crippen LogP contribution >= 0.6 is 0 Å². The summed E-state index contributed by atoms with van der Waals surface area (Å²) in [5, 5.41) is 61.5. The first-order valence-electron chi connectivity index (χ1n) is 12.0. The van der Waals surface area contributed by atoms with Gasteiger partial charge in [0.05, 0.1) is 51.5 Å². The summed E-state index contributed by atoms with van der Waals surface area (Å²) in [6.45, 7) is 0. The zero-order valence-electron chi connectivity index (χ0n) is 21.9. The molecule has 3 aromatic heterocycles. The van der Waals surface area contributed by atoms with E-state index in [9.17, 15) is 45.0 Å². The topological polar surface area (TPSA) is 220 Å². The molecular formula is C30H18AlN3O9. The molecule has 0 bridgehead atoms. The van der Waals surface area contributed by atoms with E-state index in [-0.39, 0.29) is 51.7 Å². The summed E-state index contributed by atoms with van der Waals surface area (Å²) in [5.74, 6) is -4.50. The normalized spacial score (nSPS) is 10.0. The molecule has 12 nitrogen and oxygen atoms in total. The van der Waals surface area contributed by atoms with Gasteiger partial charge >= 0.3 is 17.4 Å². The first kappa shape index (κ1) is 31.8. The number of carboxylic acids is 3. The van der Waals surface area contributed by atoms with E-state index in [2.05, 4.69) is 15.0 Å². The van der Waals surface area contributed by atoms with Gasteiger partial charge in [-0.2, -0.15) is 0 Å². The van der Waals surface area contributed by atoms with Crippen LogP contribution in [0.1, 0.15) is 31.5 Å². The van der Waals surface area contributed by atoms with E-state index in [1.807, 2.05) is 0 Å². The number of nitrogens with zero attached hydrogens (tertiary/aromatic N) is 3. The van der Waals surface area contributed by atoms with Crippen LogP contribution in [0.5, 0.6) is 17.2 Å². The fraction of sp³-hybridized carbons (Fsp3) is 0. The van der Waals surface area contributed by atoms with Crippen molar-refractivity contribution in [1.29, 1.82) is 0 Å². The van der Waals surface area contributed by atoms with Gasteiger partial charge in [0.15, 0.2) is 0 Å². The van der Waals surface area contributed by atoms with Gasteiger partial charge < -0.3 is 45.0 Å². The number of hydrogen-bond donors (Lipinski definition) is 3. The number of hydrogen-bond acceptors (Lipinski definition) is 12. The molecule has 0 radical (unpaired) electrons. The van der Waals surface area contributed by atoms with Gasteiger partial charge in [-0.05, 0) is 36.4 Å². The third kappa shape index (κ3) is 7.50. The maximum atomic E-state index is 10.5. The molecule has 13 heteroatoms. The molecule has 0 aliphatic rings. The van der Waals surface area contributed by atoms with Crippen molar-refractivity contribution in [2.75, 3.05) is 0 Å². The van der Waals surface area contributed by atoms with Crippen molar-refractivity contribution in [1.82, 2.24) is 15.0 Å². The number of aromatic carboxylic acids is 3. The Morgan fingerprint density at radius 3 is 0.930 bits per heavy atom. The SMILES string of the molecule is O=C([O-])c1cc(O)c2ccccc2n1.O=C([O-])c1cc(O)c2ccccc2n1.O=C([O-])c1cc(O)c2ccccc2n1.[Al+3]. The number of carbonyl (C=O) groups excluding carboxylic acids is 3. The van der Waals surface area contributed by atoms with Crippen LogP contribution in [-0.4, -0.2) is 65.5 Å². The minimum atomic E-state index is -1.40. The molecule has 43 heavy (non-hydrogen) atoms. The second kappa shape index (κ2) is 13.7. The zero-order valence-corrected chi connectivity index (χ0v) is 23.0. The molecule has 0 amide bonds. The summed E-state index contributed by atoms with van der Waals surface area (Å²) in [7, 11) is 0. The van der Waals surface area contributed by atoms with Crippen LogP contribution in [0.25, 0.3) is 32.7 Å². The number of para-hydroxylation sites is 3. The average molecular weight is 591 g/mol. The number of rotatable bonds is 3. The van der Waals surface area contributed by atoms with E-state index in [0.29, 0.717) is 32.7 Å². The van der Waals surface area contributed by atoms with Gasteiger partial charge in [0, 0.05) is 34.4 Å². The standard InChI is InChI=1S/3C10H7NO3.Al/c3*12-9-5-8(10(13)14)11-7-4-2-1-3-6(7)9;/h3*1-5H,(H,11,12)(H,13,14);/q;;;+3/p-3. The minimum Gasteiger partial charge on any atom is -0.543 e. The van der Waals surface area contributed by atoms with Crippen LogP contribution in [0.2, 0.25) is 0 Å². The third-order valence-corrected chi connectivity index (χ3v) is 5.71. The smallest absolute Gasteiger partial charge is 0.543 e. The molecule has 3 N–H and O–H groups in total. The van der Waals surface area contributed by atoms with Gasteiger partial charge in [0.25, 0.3) is 0 Å². The van der Waals surface area contributed by atoms with E-state index < -0.39 is 17.9 Å². The minimum absolute atomic E-state index is 0. The first-order valence-corrected chi connectivity index (χ1v) is 12.0. The molecule has 6 aromatic rings. The number of aromatic hydroxyl groups is 3. The predicted octanol–water partition coefficient (Wildman–Crippen LogP) is 0.531. The number of carbonyl (C=O) groups is 3. The van der Waals surface area contributed by atoms with Crippen molar-refractivity contribution in [3.8, 4) is 17.2 Å². The van der Waals surface area contributed by atoms with Gasteiger partial charge in [-0.3, -0.25) is 0 Å². The number of pyridine rings is 3. The predicted molar refractivity (Wildman–Crippen MR) is 149 cm³/mol. The van der Waals surface area contributed by atoms with E-state index in [0.717, 1.165) is 18.2 Å². The van der Waals surface area contributed by atoms with Gasteiger partial charge in [-0.25, -0.2) is 15.0 Å². The Bertz CT molecular complexity index is 1760. The monoisotopic (exact) mass is 591 g/mol. The Balaban J connectivity index is 0.000000175. The average Bonchev–Trinajstić information content (AvgIpc) is 2.97. The molecule has 0 fully saturated rings. The number of carboxylic acid groups (broad SMARTS) is 3. The van der Waals surface area contributed by atoms with Crippen LogP contribution in [0.4, 0.5) is 0 Å². The summed E-state index contributed by atoms with van der Waals surface area (Å²) in [6.07, 6.45) is 0. The summed E-state index contributed by atoms with van der Waals surface area (Å²) in [5.41, 5.74) is 0.522. The molecule has 3 heterocycles. The maximum absolute atomic E-state index is 10.5.